The molecule has 0 aliphatic carbocycles. The van der Waals surface area contributed by atoms with Crippen LogP contribution in [0, 0.1) is 5.82 Å². The number of hydrogen-bond acceptors (Lipinski definition) is 3. The standard InChI is InChI=1S/C7H9FN2O/c1-9-7(11)6-3-2-5(8)4-10-6/h2-4,7,9,11H,1H3. The quantitative estimate of drug-likeness (QED) is 0.610. The molecule has 0 aromatic carbocycles. The van der Waals surface area contributed by atoms with Crippen molar-refractivity contribution in [2.45, 2.75) is 6.23 Å². The Balaban J connectivity index is 2.81. The summed E-state index contributed by atoms with van der Waals surface area (Å²) >= 11 is 0. The zero-order valence-electron chi connectivity index (χ0n) is 6.08. The van der Waals surface area contributed by atoms with E-state index in [9.17, 15) is 4.39 Å². The summed E-state index contributed by atoms with van der Waals surface area (Å²) in [5.41, 5.74) is 0.411. The van der Waals surface area contributed by atoms with E-state index in [-0.39, 0.29) is 0 Å². The topological polar surface area (TPSA) is 45.1 Å². The number of aliphatic hydroxyl groups is 1. The Hall–Kier alpha value is -1.00. The van der Waals surface area contributed by atoms with E-state index < -0.39 is 12.0 Å². The second kappa shape index (κ2) is 3.41. The molecule has 1 atom stereocenters. The third-order valence-corrected chi connectivity index (χ3v) is 1.30. The van der Waals surface area contributed by atoms with Gasteiger partial charge in [-0.25, -0.2) is 4.39 Å². The lowest BCUT2D eigenvalue weighted by Crippen LogP contribution is -2.16. The monoisotopic (exact) mass is 156 g/mol. The SMILES string of the molecule is CNC(O)c1ccc(F)cn1. The maximum atomic E-state index is 12.3. The van der Waals surface area contributed by atoms with Crippen molar-refractivity contribution in [2.75, 3.05) is 7.05 Å². The Bertz CT molecular complexity index is 224. The van der Waals surface area contributed by atoms with Crippen LogP contribution in [0.15, 0.2) is 18.3 Å². The van der Waals surface area contributed by atoms with Crippen molar-refractivity contribution in [2.24, 2.45) is 0 Å². The van der Waals surface area contributed by atoms with Gasteiger partial charge in [0.15, 0.2) is 0 Å². The minimum atomic E-state index is -0.824. The summed E-state index contributed by atoms with van der Waals surface area (Å²) in [4.78, 5) is 3.66. The van der Waals surface area contributed by atoms with Crippen LogP contribution in [-0.4, -0.2) is 17.1 Å². The first-order valence-corrected chi connectivity index (χ1v) is 3.21. The van der Waals surface area contributed by atoms with Crippen LogP contribution in [0.5, 0.6) is 0 Å². The third kappa shape index (κ3) is 1.96. The van der Waals surface area contributed by atoms with Gasteiger partial charge in [-0.3, -0.25) is 10.3 Å². The number of aromatic nitrogens is 1. The van der Waals surface area contributed by atoms with Crippen LogP contribution >= 0.6 is 0 Å². The summed E-state index contributed by atoms with van der Waals surface area (Å²) in [7, 11) is 1.59. The van der Waals surface area contributed by atoms with Crippen molar-refractivity contribution in [3.05, 3.63) is 29.8 Å². The van der Waals surface area contributed by atoms with Crippen molar-refractivity contribution in [3.63, 3.8) is 0 Å². The van der Waals surface area contributed by atoms with Gasteiger partial charge in [0.25, 0.3) is 0 Å². The Morgan fingerprint density at radius 2 is 2.36 bits per heavy atom. The van der Waals surface area contributed by atoms with Gasteiger partial charge >= 0.3 is 0 Å². The fourth-order valence-corrected chi connectivity index (χ4v) is 0.697. The molecule has 1 aromatic rings. The van der Waals surface area contributed by atoms with Crippen LogP contribution in [0.1, 0.15) is 11.9 Å². The highest BCUT2D eigenvalue weighted by atomic mass is 19.1. The fraction of sp³-hybridized carbons (Fsp3) is 0.286. The van der Waals surface area contributed by atoms with E-state index in [2.05, 4.69) is 10.3 Å². The number of rotatable bonds is 2. The van der Waals surface area contributed by atoms with Gasteiger partial charge in [0.05, 0.1) is 11.9 Å². The molecule has 1 unspecified atom stereocenters. The van der Waals surface area contributed by atoms with Crippen LogP contribution in [0.25, 0.3) is 0 Å². The molecule has 11 heavy (non-hydrogen) atoms. The second-order valence-electron chi connectivity index (χ2n) is 2.09. The number of pyridine rings is 1. The van der Waals surface area contributed by atoms with E-state index in [0.29, 0.717) is 5.69 Å². The minimum Gasteiger partial charge on any atom is -0.373 e. The zero-order chi connectivity index (χ0) is 8.27. The minimum absolute atomic E-state index is 0.406. The van der Waals surface area contributed by atoms with E-state index >= 15 is 0 Å². The molecular weight excluding hydrogens is 147 g/mol. The summed E-state index contributed by atoms with van der Waals surface area (Å²) in [5, 5.41) is 11.7. The molecular formula is C7H9FN2O. The zero-order valence-corrected chi connectivity index (χ0v) is 6.08. The molecule has 1 heterocycles. The molecule has 0 saturated carbocycles. The predicted octanol–water partition coefficient (Wildman–Crippen LogP) is 0.431. The molecule has 3 nitrogen and oxygen atoms in total. The number of halogens is 1. The molecule has 0 bridgehead atoms. The summed E-state index contributed by atoms with van der Waals surface area (Å²) in [6.07, 6.45) is 0.242. The van der Waals surface area contributed by atoms with E-state index in [0.717, 1.165) is 6.20 Å². The van der Waals surface area contributed by atoms with Crippen molar-refractivity contribution < 1.29 is 9.50 Å². The normalized spacial score (nSPS) is 13.0. The maximum absolute atomic E-state index is 12.3. The van der Waals surface area contributed by atoms with Gasteiger partial charge in [-0.2, -0.15) is 0 Å². The first-order chi connectivity index (χ1) is 5.24. The summed E-state index contributed by atoms with van der Waals surface area (Å²) in [6.45, 7) is 0. The molecule has 0 aliphatic heterocycles. The van der Waals surface area contributed by atoms with Crippen LogP contribution in [0.3, 0.4) is 0 Å². The van der Waals surface area contributed by atoms with Gasteiger partial charge < -0.3 is 5.11 Å². The van der Waals surface area contributed by atoms with Crippen LogP contribution in [-0.2, 0) is 0 Å². The summed E-state index contributed by atoms with van der Waals surface area (Å²) < 4.78 is 12.3. The Kier molecular flexibility index (Phi) is 2.51. The number of nitrogens with zero attached hydrogens (tertiary/aromatic N) is 1. The van der Waals surface area contributed by atoms with Crippen LogP contribution in [0.4, 0.5) is 4.39 Å². The van der Waals surface area contributed by atoms with Crippen molar-refractivity contribution in [1.82, 2.24) is 10.3 Å². The van der Waals surface area contributed by atoms with Gasteiger partial charge in [0, 0.05) is 0 Å². The molecule has 0 aliphatic rings. The molecule has 0 radical (unpaired) electrons. The molecule has 0 fully saturated rings. The molecule has 0 spiro atoms. The summed E-state index contributed by atoms with van der Waals surface area (Å²) in [5.74, 6) is -0.406. The second-order valence-corrected chi connectivity index (χ2v) is 2.09. The highest BCUT2D eigenvalue weighted by Gasteiger charge is 2.04. The maximum Gasteiger partial charge on any atom is 0.147 e. The average molecular weight is 156 g/mol. The van der Waals surface area contributed by atoms with E-state index in [1.165, 1.54) is 12.1 Å². The fourth-order valence-electron chi connectivity index (χ4n) is 0.697. The van der Waals surface area contributed by atoms with Gasteiger partial charge in [-0.15, -0.1) is 0 Å². The smallest absolute Gasteiger partial charge is 0.147 e. The van der Waals surface area contributed by atoms with Crippen molar-refractivity contribution >= 4 is 0 Å². The first-order valence-electron chi connectivity index (χ1n) is 3.21. The molecule has 0 amide bonds. The van der Waals surface area contributed by atoms with Gasteiger partial charge in [0.2, 0.25) is 0 Å². The van der Waals surface area contributed by atoms with Gasteiger partial charge in [-0.05, 0) is 19.2 Å². The highest BCUT2D eigenvalue weighted by molar-refractivity contribution is 5.06. The molecule has 4 heteroatoms. The van der Waals surface area contributed by atoms with E-state index in [1.807, 2.05) is 0 Å². The van der Waals surface area contributed by atoms with Gasteiger partial charge in [-0.1, -0.05) is 0 Å². The summed E-state index contributed by atoms with van der Waals surface area (Å²) in [6, 6.07) is 2.68. The Morgan fingerprint density at radius 3 is 2.82 bits per heavy atom. The molecule has 2 N–H and O–H groups in total. The van der Waals surface area contributed by atoms with E-state index in [1.54, 1.807) is 7.05 Å². The Labute approximate surface area is 63.9 Å². The molecule has 0 saturated heterocycles. The van der Waals surface area contributed by atoms with Gasteiger partial charge in [0.1, 0.15) is 12.0 Å². The number of aliphatic hydroxyl groups excluding tert-OH is 1. The Morgan fingerprint density at radius 1 is 1.64 bits per heavy atom. The van der Waals surface area contributed by atoms with Crippen LogP contribution in [0.2, 0.25) is 0 Å². The first kappa shape index (κ1) is 8.10. The molecule has 1 rings (SSSR count). The number of hydrogen-bond donors (Lipinski definition) is 2. The largest absolute Gasteiger partial charge is 0.373 e. The number of nitrogens with one attached hydrogen (secondary N) is 1. The lowest BCUT2D eigenvalue weighted by molar-refractivity contribution is 0.144. The average Bonchev–Trinajstić information content (AvgIpc) is 2.05. The van der Waals surface area contributed by atoms with E-state index in [4.69, 9.17) is 5.11 Å². The molecule has 60 valence electrons. The van der Waals surface area contributed by atoms with Crippen molar-refractivity contribution in [1.29, 1.82) is 0 Å². The molecule has 1 aromatic heterocycles. The third-order valence-electron chi connectivity index (χ3n) is 1.30. The lowest BCUT2D eigenvalue weighted by Gasteiger charge is -2.06. The predicted molar refractivity (Wildman–Crippen MR) is 38.2 cm³/mol. The lowest BCUT2D eigenvalue weighted by atomic mass is 10.3. The van der Waals surface area contributed by atoms with Crippen molar-refractivity contribution in [3.8, 4) is 0 Å². The highest BCUT2D eigenvalue weighted by Crippen LogP contribution is 2.05. The van der Waals surface area contributed by atoms with Crippen LogP contribution < -0.4 is 5.32 Å².